The lowest BCUT2D eigenvalue weighted by molar-refractivity contribution is 0.108. The second-order valence-corrected chi connectivity index (χ2v) is 7.89. The van der Waals surface area contributed by atoms with E-state index in [1.54, 1.807) is 0 Å². The second-order valence-electron chi connectivity index (χ2n) is 7.89. The lowest BCUT2D eigenvalue weighted by Gasteiger charge is -2.42. The summed E-state index contributed by atoms with van der Waals surface area (Å²) in [6.07, 6.45) is 15.9. The Kier molecular flexibility index (Phi) is 4.72. The van der Waals surface area contributed by atoms with E-state index < -0.39 is 0 Å². The highest BCUT2D eigenvalue weighted by atomic mass is 15.2. The highest BCUT2D eigenvalue weighted by Crippen LogP contribution is 2.42. The van der Waals surface area contributed by atoms with Crippen molar-refractivity contribution in [2.45, 2.75) is 83.1 Å². The van der Waals surface area contributed by atoms with Crippen LogP contribution in [0, 0.1) is 5.41 Å². The molecule has 0 aromatic carbocycles. The van der Waals surface area contributed by atoms with E-state index in [1.165, 1.54) is 96.8 Å². The van der Waals surface area contributed by atoms with Gasteiger partial charge in [-0.3, -0.25) is 0 Å². The van der Waals surface area contributed by atoms with E-state index in [9.17, 15) is 0 Å². The molecular formula is C18H34N2. The van der Waals surface area contributed by atoms with E-state index in [1.807, 2.05) is 0 Å². The molecule has 3 aliphatic rings. The highest BCUT2D eigenvalue weighted by molar-refractivity contribution is 4.97. The van der Waals surface area contributed by atoms with E-state index in [0.717, 1.165) is 0 Å². The molecule has 116 valence electrons. The lowest BCUT2D eigenvalue weighted by Crippen LogP contribution is -2.53. The van der Waals surface area contributed by atoms with Crippen molar-refractivity contribution in [3.05, 3.63) is 0 Å². The fourth-order valence-electron chi connectivity index (χ4n) is 5.14. The van der Waals surface area contributed by atoms with E-state index in [0.29, 0.717) is 11.0 Å². The van der Waals surface area contributed by atoms with Crippen LogP contribution in [0.3, 0.4) is 0 Å². The Morgan fingerprint density at radius 3 is 2.30 bits per heavy atom. The topological polar surface area (TPSA) is 15.3 Å². The molecular weight excluding hydrogens is 244 g/mol. The van der Waals surface area contributed by atoms with Crippen LogP contribution in [0.5, 0.6) is 0 Å². The van der Waals surface area contributed by atoms with Crippen LogP contribution >= 0.6 is 0 Å². The molecule has 0 radical (unpaired) electrons. The molecule has 1 N–H and O–H groups in total. The van der Waals surface area contributed by atoms with E-state index in [4.69, 9.17) is 0 Å². The van der Waals surface area contributed by atoms with Gasteiger partial charge >= 0.3 is 0 Å². The van der Waals surface area contributed by atoms with Gasteiger partial charge in [-0.15, -0.1) is 0 Å². The second kappa shape index (κ2) is 6.36. The van der Waals surface area contributed by atoms with E-state index >= 15 is 0 Å². The fourth-order valence-corrected chi connectivity index (χ4v) is 5.14. The molecule has 3 fully saturated rings. The fraction of sp³-hybridized carbons (Fsp3) is 1.00. The molecule has 0 bridgehead atoms. The zero-order valence-corrected chi connectivity index (χ0v) is 13.6. The molecule has 2 aliphatic carbocycles. The maximum Gasteiger partial charge on any atom is 0.0308 e. The first-order chi connectivity index (χ1) is 9.76. The van der Waals surface area contributed by atoms with Gasteiger partial charge in [-0.25, -0.2) is 0 Å². The van der Waals surface area contributed by atoms with Gasteiger partial charge in [0.25, 0.3) is 0 Å². The highest BCUT2D eigenvalue weighted by Gasteiger charge is 2.39. The summed E-state index contributed by atoms with van der Waals surface area (Å²) >= 11 is 0. The molecule has 0 atom stereocenters. The maximum absolute atomic E-state index is 3.94. The Bertz CT molecular complexity index is 301. The molecule has 0 unspecified atom stereocenters. The monoisotopic (exact) mass is 278 g/mol. The van der Waals surface area contributed by atoms with Gasteiger partial charge in [-0.05, 0) is 57.0 Å². The normalized spacial score (nSPS) is 30.4. The maximum atomic E-state index is 3.94. The molecule has 1 spiro atoms. The first-order valence-electron chi connectivity index (χ1n) is 9.23. The van der Waals surface area contributed by atoms with Crippen molar-refractivity contribution in [2.75, 3.05) is 26.2 Å². The third kappa shape index (κ3) is 3.22. The van der Waals surface area contributed by atoms with Gasteiger partial charge < -0.3 is 10.2 Å². The van der Waals surface area contributed by atoms with Crippen LogP contribution in [-0.2, 0) is 0 Å². The minimum Gasteiger partial charge on any atom is -0.310 e. The summed E-state index contributed by atoms with van der Waals surface area (Å²) in [7, 11) is 0. The van der Waals surface area contributed by atoms with Gasteiger partial charge in [0.05, 0.1) is 0 Å². The van der Waals surface area contributed by atoms with Crippen molar-refractivity contribution in [1.29, 1.82) is 0 Å². The largest absolute Gasteiger partial charge is 0.310 e. The predicted molar refractivity (Wildman–Crippen MR) is 86.1 cm³/mol. The standard InChI is InChI=1S/C18H34N2/c1-2-17(9-6-7-10-17)15-20-14-8-13-19-18(16-20)11-4-3-5-12-18/h19H,2-16H2,1H3. The van der Waals surface area contributed by atoms with Crippen LogP contribution in [0.2, 0.25) is 0 Å². The predicted octanol–water partition coefficient (Wildman–Crippen LogP) is 3.96. The number of rotatable bonds is 3. The SMILES string of the molecule is CCC1(CN2CCCNC3(CCCCC3)C2)CCCC1. The Morgan fingerprint density at radius 2 is 1.60 bits per heavy atom. The average molecular weight is 278 g/mol. The van der Waals surface area contributed by atoms with Crippen LogP contribution in [-0.4, -0.2) is 36.6 Å². The molecule has 0 aromatic heterocycles. The van der Waals surface area contributed by atoms with Crippen LogP contribution in [0.4, 0.5) is 0 Å². The number of hydrogen-bond donors (Lipinski definition) is 1. The van der Waals surface area contributed by atoms with Crippen LogP contribution < -0.4 is 5.32 Å². The molecule has 2 nitrogen and oxygen atoms in total. The van der Waals surface area contributed by atoms with Gasteiger partial charge in [0.1, 0.15) is 0 Å². The van der Waals surface area contributed by atoms with Crippen molar-refractivity contribution in [1.82, 2.24) is 10.2 Å². The molecule has 0 aromatic rings. The van der Waals surface area contributed by atoms with Gasteiger partial charge in [0.15, 0.2) is 0 Å². The minimum absolute atomic E-state index is 0.474. The summed E-state index contributed by atoms with van der Waals surface area (Å²) in [5.74, 6) is 0. The summed E-state index contributed by atoms with van der Waals surface area (Å²) in [4.78, 5) is 2.85. The van der Waals surface area contributed by atoms with Crippen molar-refractivity contribution in [3.8, 4) is 0 Å². The molecule has 1 aliphatic heterocycles. The molecule has 1 heterocycles. The van der Waals surface area contributed by atoms with Crippen molar-refractivity contribution < 1.29 is 0 Å². The summed E-state index contributed by atoms with van der Waals surface area (Å²) in [6.45, 7) is 7.71. The van der Waals surface area contributed by atoms with Gasteiger partial charge in [-0.2, -0.15) is 0 Å². The summed E-state index contributed by atoms with van der Waals surface area (Å²) in [5, 5.41) is 3.94. The zero-order valence-electron chi connectivity index (χ0n) is 13.6. The first-order valence-corrected chi connectivity index (χ1v) is 9.23. The quantitative estimate of drug-likeness (QED) is 0.841. The summed E-state index contributed by atoms with van der Waals surface area (Å²) in [6, 6.07) is 0. The lowest BCUT2D eigenvalue weighted by atomic mass is 9.79. The van der Waals surface area contributed by atoms with Crippen LogP contribution in [0.1, 0.15) is 77.6 Å². The van der Waals surface area contributed by atoms with Crippen molar-refractivity contribution in [3.63, 3.8) is 0 Å². The first kappa shape index (κ1) is 14.8. The van der Waals surface area contributed by atoms with Gasteiger partial charge in [-0.1, -0.05) is 39.0 Å². The third-order valence-corrected chi connectivity index (χ3v) is 6.46. The van der Waals surface area contributed by atoms with E-state index in [2.05, 4.69) is 17.1 Å². The molecule has 2 heteroatoms. The zero-order chi connectivity index (χ0) is 13.9. The molecule has 0 amide bonds. The van der Waals surface area contributed by atoms with E-state index in [-0.39, 0.29) is 0 Å². The third-order valence-electron chi connectivity index (χ3n) is 6.46. The molecule has 1 saturated heterocycles. The van der Waals surface area contributed by atoms with Crippen LogP contribution in [0.15, 0.2) is 0 Å². The van der Waals surface area contributed by atoms with Crippen molar-refractivity contribution >= 4 is 0 Å². The van der Waals surface area contributed by atoms with Crippen LogP contribution in [0.25, 0.3) is 0 Å². The summed E-state index contributed by atoms with van der Waals surface area (Å²) in [5.41, 5.74) is 1.14. The minimum atomic E-state index is 0.474. The van der Waals surface area contributed by atoms with Gasteiger partial charge in [0.2, 0.25) is 0 Å². The smallest absolute Gasteiger partial charge is 0.0308 e. The Balaban J connectivity index is 1.65. The molecule has 2 saturated carbocycles. The average Bonchev–Trinajstić information content (AvgIpc) is 2.85. The Morgan fingerprint density at radius 1 is 0.900 bits per heavy atom. The number of hydrogen-bond acceptors (Lipinski definition) is 2. The Labute approximate surface area is 125 Å². The Hall–Kier alpha value is -0.0800. The van der Waals surface area contributed by atoms with Crippen molar-refractivity contribution in [2.24, 2.45) is 5.41 Å². The number of nitrogens with zero attached hydrogens (tertiary/aromatic N) is 1. The van der Waals surface area contributed by atoms with Gasteiger partial charge in [0, 0.05) is 18.6 Å². The summed E-state index contributed by atoms with van der Waals surface area (Å²) < 4.78 is 0. The molecule has 20 heavy (non-hydrogen) atoms. The number of nitrogens with one attached hydrogen (secondary N) is 1. The molecule has 3 rings (SSSR count).